The van der Waals surface area contributed by atoms with Gasteiger partial charge in [0.25, 0.3) is 0 Å². The number of hydrogen-bond donors (Lipinski definition) is 0. The first-order valence-corrected chi connectivity index (χ1v) is 6.43. The minimum Gasteiger partial charge on any atom is -0.286 e. The molecule has 0 saturated carbocycles. The van der Waals surface area contributed by atoms with Crippen LogP contribution in [0.4, 0.5) is 0 Å². The van der Waals surface area contributed by atoms with Crippen molar-refractivity contribution < 1.29 is 4.79 Å². The molecule has 0 N–H and O–H groups in total. The van der Waals surface area contributed by atoms with Gasteiger partial charge in [-0.1, -0.05) is 15.9 Å². The van der Waals surface area contributed by atoms with Crippen molar-refractivity contribution >= 4 is 33.0 Å². The highest BCUT2D eigenvalue weighted by atomic mass is 79.9. The average molecular weight is 296 g/mol. The van der Waals surface area contributed by atoms with Crippen molar-refractivity contribution in [3.8, 4) is 0 Å². The molecule has 0 amide bonds. The number of hydrogen-bond acceptors (Lipinski definition) is 3. The molecule has 0 fully saturated rings. The molecule has 0 aliphatic heterocycles. The summed E-state index contributed by atoms with van der Waals surface area (Å²) in [6.07, 6.45) is 0. The van der Waals surface area contributed by atoms with E-state index in [0.29, 0.717) is 10.6 Å². The molecule has 2 aromatic rings. The molecule has 2 rings (SSSR count). The number of rotatable bonds is 2. The van der Waals surface area contributed by atoms with Gasteiger partial charge in [0.15, 0.2) is 5.01 Å². The van der Waals surface area contributed by atoms with Crippen molar-refractivity contribution in [2.24, 2.45) is 0 Å². The van der Waals surface area contributed by atoms with Crippen LogP contribution >= 0.6 is 27.3 Å². The number of ketones is 1. The van der Waals surface area contributed by atoms with E-state index in [1.165, 1.54) is 11.3 Å². The summed E-state index contributed by atoms with van der Waals surface area (Å²) in [4.78, 5) is 17.4. The van der Waals surface area contributed by atoms with Gasteiger partial charge >= 0.3 is 0 Å². The number of carbonyl (C=O) groups excluding carboxylic acids is 1. The molecule has 0 aliphatic carbocycles. The van der Waals surface area contributed by atoms with Crippen LogP contribution in [0.1, 0.15) is 25.9 Å². The van der Waals surface area contributed by atoms with Gasteiger partial charge in [0, 0.05) is 14.9 Å². The Kier molecular flexibility index (Phi) is 3.21. The van der Waals surface area contributed by atoms with Crippen LogP contribution in [0.2, 0.25) is 0 Å². The van der Waals surface area contributed by atoms with Gasteiger partial charge in [-0.25, -0.2) is 4.98 Å². The van der Waals surface area contributed by atoms with Crippen molar-refractivity contribution in [1.29, 1.82) is 0 Å². The lowest BCUT2D eigenvalue weighted by Gasteiger charge is -1.96. The lowest BCUT2D eigenvalue weighted by Crippen LogP contribution is -2.00. The maximum absolute atomic E-state index is 12.1. The molecule has 4 heteroatoms. The minimum atomic E-state index is -0.00583. The molecule has 0 atom stereocenters. The van der Waals surface area contributed by atoms with Gasteiger partial charge in [-0.3, -0.25) is 4.79 Å². The van der Waals surface area contributed by atoms with Gasteiger partial charge < -0.3 is 0 Å². The molecule has 0 radical (unpaired) electrons. The fraction of sp³-hybridized carbons (Fsp3) is 0.167. The Morgan fingerprint density at radius 3 is 2.38 bits per heavy atom. The van der Waals surface area contributed by atoms with E-state index >= 15 is 0 Å². The molecule has 0 bridgehead atoms. The Morgan fingerprint density at radius 2 is 1.88 bits per heavy atom. The molecule has 0 saturated heterocycles. The molecule has 0 spiro atoms. The van der Waals surface area contributed by atoms with Crippen molar-refractivity contribution in [2.75, 3.05) is 0 Å². The Labute approximate surface area is 106 Å². The number of thiazole rings is 1. The first-order valence-electron chi connectivity index (χ1n) is 4.82. The minimum absolute atomic E-state index is 0.00583. The summed E-state index contributed by atoms with van der Waals surface area (Å²) >= 11 is 4.79. The Hall–Kier alpha value is -1.00. The van der Waals surface area contributed by atoms with E-state index in [2.05, 4.69) is 20.9 Å². The molecule has 1 aromatic carbocycles. The normalized spacial score (nSPS) is 10.4. The summed E-state index contributed by atoms with van der Waals surface area (Å²) in [5, 5.41) is 0.567. The third-order valence-corrected chi connectivity index (χ3v) is 3.93. The van der Waals surface area contributed by atoms with E-state index < -0.39 is 0 Å². The molecule has 1 aromatic heterocycles. The monoisotopic (exact) mass is 295 g/mol. The molecule has 16 heavy (non-hydrogen) atoms. The van der Waals surface area contributed by atoms with Crippen molar-refractivity contribution in [1.82, 2.24) is 4.98 Å². The predicted octanol–water partition coefficient (Wildman–Crippen LogP) is 3.75. The molecule has 1 heterocycles. The summed E-state index contributed by atoms with van der Waals surface area (Å²) in [5.41, 5.74) is 1.61. The third kappa shape index (κ3) is 2.23. The smallest absolute Gasteiger partial charge is 0.221 e. The lowest BCUT2D eigenvalue weighted by molar-refractivity contribution is 0.103. The number of benzene rings is 1. The van der Waals surface area contributed by atoms with Gasteiger partial charge in [-0.05, 0) is 38.1 Å². The highest BCUT2D eigenvalue weighted by Crippen LogP contribution is 2.20. The van der Waals surface area contributed by atoms with Crippen molar-refractivity contribution in [2.45, 2.75) is 13.8 Å². The standard InChI is InChI=1S/C12H10BrNOS/c1-7-8(2)16-12(14-7)11(15)9-3-5-10(13)6-4-9/h3-6H,1-2H3. The van der Waals surface area contributed by atoms with Gasteiger partial charge in [0.05, 0.1) is 5.69 Å². The van der Waals surface area contributed by atoms with E-state index in [9.17, 15) is 4.79 Å². The maximum atomic E-state index is 12.1. The van der Waals surface area contributed by atoms with Crippen molar-refractivity contribution in [3.63, 3.8) is 0 Å². The largest absolute Gasteiger partial charge is 0.286 e. The summed E-state index contributed by atoms with van der Waals surface area (Å²) < 4.78 is 0.968. The van der Waals surface area contributed by atoms with Crippen LogP contribution in [-0.4, -0.2) is 10.8 Å². The maximum Gasteiger partial charge on any atom is 0.221 e. The SMILES string of the molecule is Cc1nc(C(=O)c2ccc(Br)cc2)sc1C. The van der Waals surface area contributed by atoms with E-state index in [1.807, 2.05) is 26.0 Å². The van der Waals surface area contributed by atoms with Crippen LogP contribution in [0, 0.1) is 13.8 Å². The second kappa shape index (κ2) is 4.47. The third-order valence-electron chi connectivity index (χ3n) is 2.33. The number of halogens is 1. The first kappa shape index (κ1) is 11.5. The summed E-state index contributed by atoms with van der Waals surface area (Å²) in [6.45, 7) is 3.90. The van der Waals surface area contributed by atoms with Crippen LogP contribution in [-0.2, 0) is 0 Å². The van der Waals surface area contributed by atoms with Crippen LogP contribution in [0.3, 0.4) is 0 Å². The molecule has 2 nitrogen and oxygen atoms in total. The highest BCUT2D eigenvalue weighted by Gasteiger charge is 2.14. The van der Waals surface area contributed by atoms with Crippen molar-refractivity contribution in [3.05, 3.63) is 49.9 Å². The van der Waals surface area contributed by atoms with Crippen LogP contribution in [0.5, 0.6) is 0 Å². The Morgan fingerprint density at radius 1 is 1.25 bits per heavy atom. The number of aryl methyl sites for hydroxylation is 2. The van der Waals surface area contributed by atoms with Gasteiger partial charge in [0.2, 0.25) is 5.78 Å². The lowest BCUT2D eigenvalue weighted by atomic mass is 10.1. The van der Waals surface area contributed by atoms with E-state index in [0.717, 1.165) is 15.0 Å². The number of aromatic nitrogens is 1. The Balaban J connectivity index is 2.35. The first-order chi connectivity index (χ1) is 7.58. The fourth-order valence-electron chi connectivity index (χ4n) is 1.29. The summed E-state index contributed by atoms with van der Waals surface area (Å²) in [6, 6.07) is 7.33. The summed E-state index contributed by atoms with van der Waals surface area (Å²) in [7, 11) is 0. The van der Waals surface area contributed by atoms with Gasteiger partial charge in [0.1, 0.15) is 0 Å². The van der Waals surface area contributed by atoms with E-state index in [4.69, 9.17) is 0 Å². The fourth-order valence-corrected chi connectivity index (χ4v) is 2.44. The van der Waals surface area contributed by atoms with Crippen LogP contribution < -0.4 is 0 Å². The van der Waals surface area contributed by atoms with Crippen LogP contribution in [0.15, 0.2) is 28.7 Å². The zero-order valence-electron chi connectivity index (χ0n) is 8.95. The molecule has 0 unspecified atom stereocenters. The predicted molar refractivity (Wildman–Crippen MR) is 69.2 cm³/mol. The topological polar surface area (TPSA) is 30.0 Å². The van der Waals surface area contributed by atoms with E-state index in [1.54, 1.807) is 12.1 Å². The summed E-state index contributed by atoms with van der Waals surface area (Å²) in [5.74, 6) is -0.00583. The molecule has 82 valence electrons. The zero-order chi connectivity index (χ0) is 11.7. The highest BCUT2D eigenvalue weighted by molar-refractivity contribution is 9.10. The average Bonchev–Trinajstić information content (AvgIpc) is 2.59. The zero-order valence-corrected chi connectivity index (χ0v) is 11.4. The van der Waals surface area contributed by atoms with E-state index in [-0.39, 0.29) is 5.78 Å². The number of nitrogens with zero attached hydrogens (tertiary/aromatic N) is 1. The van der Waals surface area contributed by atoms with Gasteiger partial charge in [-0.15, -0.1) is 11.3 Å². The second-order valence-corrected chi connectivity index (χ2v) is 5.62. The molecule has 0 aliphatic rings. The van der Waals surface area contributed by atoms with Crippen LogP contribution in [0.25, 0.3) is 0 Å². The quantitative estimate of drug-likeness (QED) is 0.790. The molecular weight excluding hydrogens is 286 g/mol. The number of carbonyl (C=O) groups is 1. The van der Waals surface area contributed by atoms with Gasteiger partial charge in [-0.2, -0.15) is 0 Å². The molecular formula is C12H10BrNOS. The second-order valence-electron chi connectivity index (χ2n) is 3.50. The Bertz CT molecular complexity index is 511.